The molecule has 0 bridgehead atoms. The predicted molar refractivity (Wildman–Crippen MR) is 78.3 cm³/mol. The molecule has 3 N–H and O–H groups in total. The summed E-state index contributed by atoms with van der Waals surface area (Å²) in [6.07, 6.45) is 1.60. The van der Waals surface area contributed by atoms with Crippen LogP contribution in [0, 0.1) is 0 Å². The van der Waals surface area contributed by atoms with Gasteiger partial charge in [-0.1, -0.05) is 12.1 Å². The van der Waals surface area contributed by atoms with E-state index < -0.39 is 0 Å². The molecule has 1 aliphatic rings. The standard InChI is InChI=1S/C15H23N3O/c1-3-17-15(19)7-9-18-8-6-13-10-12(11(2)16)4-5-14(13)18/h4-5,10-11H,3,6-9,16H2,1-2H3,(H,17,19). The molecule has 1 heterocycles. The Morgan fingerprint density at radius 2 is 2.32 bits per heavy atom. The Hall–Kier alpha value is -1.55. The summed E-state index contributed by atoms with van der Waals surface area (Å²) in [6, 6.07) is 6.51. The minimum absolute atomic E-state index is 0.0784. The maximum absolute atomic E-state index is 11.5. The molecule has 1 unspecified atom stereocenters. The number of anilines is 1. The van der Waals surface area contributed by atoms with Crippen LogP contribution in [0.3, 0.4) is 0 Å². The fourth-order valence-corrected chi connectivity index (χ4v) is 2.53. The molecule has 0 aliphatic carbocycles. The molecule has 1 aliphatic heterocycles. The second-order valence-electron chi connectivity index (χ2n) is 5.12. The van der Waals surface area contributed by atoms with E-state index in [2.05, 4.69) is 28.4 Å². The first-order valence-corrected chi connectivity index (χ1v) is 7.02. The van der Waals surface area contributed by atoms with Crippen LogP contribution >= 0.6 is 0 Å². The zero-order valence-electron chi connectivity index (χ0n) is 11.8. The smallest absolute Gasteiger partial charge is 0.221 e. The highest BCUT2D eigenvalue weighted by Gasteiger charge is 2.20. The fourth-order valence-electron chi connectivity index (χ4n) is 2.53. The molecule has 1 atom stereocenters. The number of fused-ring (bicyclic) bond motifs is 1. The van der Waals surface area contributed by atoms with Crippen molar-refractivity contribution in [3.63, 3.8) is 0 Å². The van der Waals surface area contributed by atoms with Gasteiger partial charge in [-0.2, -0.15) is 0 Å². The van der Waals surface area contributed by atoms with Crippen LogP contribution < -0.4 is 16.0 Å². The molecule has 4 nitrogen and oxygen atoms in total. The lowest BCUT2D eigenvalue weighted by atomic mass is 10.0. The number of amides is 1. The number of hydrogen-bond donors (Lipinski definition) is 2. The molecular weight excluding hydrogens is 238 g/mol. The first-order chi connectivity index (χ1) is 9.11. The average Bonchev–Trinajstić information content (AvgIpc) is 2.79. The summed E-state index contributed by atoms with van der Waals surface area (Å²) >= 11 is 0. The van der Waals surface area contributed by atoms with Crippen LogP contribution in [0.5, 0.6) is 0 Å². The van der Waals surface area contributed by atoms with Gasteiger partial charge < -0.3 is 16.0 Å². The second-order valence-corrected chi connectivity index (χ2v) is 5.12. The summed E-state index contributed by atoms with van der Waals surface area (Å²) in [6.45, 7) is 6.43. The SMILES string of the molecule is CCNC(=O)CCN1CCc2cc(C(C)N)ccc21. The second kappa shape index (κ2) is 6.06. The van der Waals surface area contributed by atoms with Gasteiger partial charge in [-0.25, -0.2) is 0 Å². The Morgan fingerprint density at radius 3 is 3.00 bits per heavy atom. The molecule has 1 aromatic rings. The summed E-state index contributed by atoms with van der Waals surface area (Å²) in [5.74, 6) is 0.128. The average molecular weight is 261 g/mol. The van der Waals surface area contributed by atoms with E-state index in [0.29, 0.717) is 13.0 Å². The van der Waals surface area contributed by atoms with Gasteiger partial charge in [0, 0.05) is 37.8 Å². The topological polar surface area (TPSA) is 58.4 Å². The fraction of sp³-hybridized carbons (Fsp3) is 0.533. The number of rotatable bonds is 5. The summed E-state index contributed by atoms with van der Waals surface area (Å²) in [4.78, 5) is 13.8. The van der Waals surface area contributed by atoms with Gasteiger partial charge >= 0.3 is 0 Å². The maximum atomic E-state index is 11.5. The monoisotopic (exact) mass is 261 g/mol. The Morgan fingerprint density at radius 1 is 1.53 bits per heavy atom. The van der Waals surface area contributed by atoms with E-state index in [9.17, 15) is 4.79 Å². The van der Waals surface area contributed by atoms with Gasteiger partial charge in [0.2, 0.25) is 5.91 Å². The summed E-state index contributed by atoms with van der Waals surface area (Å²) in [7, 11) is 0. The third kappa shape index (κ3) is 3.26. The molecule has 0 aromatic heterocycles. The number of nitrogens with one attached hydrogen (secondary N) is 1. The Labute approximate surface area is 115 Å². The van der Waals surface area contributed by atoms with Crippen molar-refractivity contribution in [1.82, 2.24) is 5.32 Å². The van der Waals surface area contributed by atoms with Crippen LogP contribution in [0.4, 0.5) is 5.69 Å². The molecule has 0 saturated heterocycles. The number of nitrogens with two attached hydrogens (primary N) is 1. The third-order valence-corrected chi connectivity index (χ3v) is 3.60. The van der Waals surface area contributed by atoms with Crippen molar-refractivity contribution >= 4 is 11.6 Å². The van der Waals surface area contributed by atoms with E-state index >= 15 is 0 Å². The van der Waals surface area contributed by atoms with Crippen LogP contribution in [-0.4, -0.2) is 25.5 Å². The number of carbonyl (C=O) groups is 1. The lowest BCUT2D eigenvalue weighted by Crippen LogP contribution is -2.29. The van der Waals surface area contributed by atoms with Crippen LogP contribution in [0.25, 0.3) is 0 Å². The molecule has 0 saturated carbocycles. The highest BCUT2D eigenvalue weighted by Crippen LogP contribution is 2.30. The zero-order chi connectivity index (χ0) is 13.8. The number of carbonyl (C=O) groups excluding carboxylic acids is 1. The lowest BCUT2D eigenvalue weighted by molar-refractivity contribution is -0.120. The molecule has 19 heavy (non-hydrogen) atoms. The molecular formula is C15H23N3O. The molecule has 0 radical (unpaired) electrons. The van der Waals surface area contributed by atoms with Gasteiger partial charge in [0.25, 0.3) is 0 Å². The normalized spacial score (nSPS) is 15.2. The van der Waals surface area contributed by atoms with Gasteiger partial charge in [0.05, 0.1) is 0 Å². The first kappa shape index (κ1) is 13.9. The van der Waals surface area contributed by atoms with Crippen molar-refractivity contribution in [1.29, 1.82) is 0 Å². The molecule has 1 amide bonds. The van der Waals surface area contributed by atoms with Crippen molar-refractivity contribution < 1.29 is 4.79 Å². The van der Waals surface area contributed by atoms with Gasteiger partial charge in [-0.3, -0.25) is 4.79 Å². The maximum Gasteiger partial charge on any atom is 0.221 e. The van der Waals surface area contributed by atoms with Gasteiger partial charge in [-0.15, -0.1) is 0 Å². The molecule has 0 spiro atoms. The number of benzene rings is 1. The van der Waals surface area contributed by atoms with Crippen molar-refractivity contribution in [3.05, 3.63) is 29.3 Å². The van der Waals surface area contributed by atoms with Crippen molar-refractivity contribution in [2.45, 2.75) is 32.7 Å². The van der Waals surface area contributed by atoms with E-state index in [0.717, 1.165) is 19.5 Å². The molecule has 104 valence electrons. The van der Waals surface area contributed by atoms with E-state index in [4.69, 9.17) is 5.73 Å². The largest absolute Gasteiger partial charge is 0.370 e. The van der Waals surface area contributed by atoms with Crippen molar-refractivity contribution in [2.24, 2.45) is 5.73 Å². The molecule has 0 fully saturated rings. The van der Waals surface area contributed by atoms with E-state index in [1.54, 1.807) is 0 Å². The van der Waals surface area contributed by atoms with E-state index in [-0.39, 0.29) is 11.9 Å². The summed E-state index contributed by atoms with van der Waals surface area (Å²) < 4.78 is 0. The summed E-state index contributed by atoms with van der Waals surface area (Å²) in [5, 5.41) is 2.84. The molecule has 4 heteroatoms. The van der Waals surface area contributed by atoms with Crippen molar-refractivity contribution in [3.8, 4) is 0 Å². The van der Waals surface area contributed by atoms with Crippen LogP contribution in [0.2, 0.25) is 0 Å². The minimum atomic E-state index is 0.0784. The third-order valence-electron chi connectivity index (χ3n) is 3.60. The van der Waals surface area contributed by atoms with Gasteiger partial charge in [0.1, 0.15) is 0 Å². The Balaban J connectivity index is 2.00. The van der Waals surface area contributed by atoms with Crippen LogP contribution in [0.15, 0.2) is 18.2 Å². The highest BCUT2D eigenvalue weighted by atomic mass is 16.1. The highest BCUT2D eigenvalue weighted by molar-refractivity contribution is 5.76. The Bertz CT molecular complexity index is 457. The van der Waals surface area contributed by atoms with E-state index in [1.165, 1.54) is 16.8 Å². The van der Waals surface area contributed by atoms with Crippen molar-refractivity contribution in [2.75, 3.05) is 24.5 Å². The van der Waals surface area contributed by atoms with Gasteiger partial charge in [-0.05, 0) is 37.5 Å². The molecule has 2 rings (SSSR count). The number of nitrogens with zero attached hydrogens (tertiary/aromatic N) is 1. The van der Waals surface area contributed by atoms with Crippen LogP contribution in [0.1, 0.15) is 37.4 Å². The quantitative estimate of drug-likeness (QED) is 0.846. The lowest BCUT2D eigenvalue weighted by Gasteiger charge is -2.19. The van der Waals surface area contributed by atoms with Crippen LogP contribution in [-0.2, 0) is 11.2 Å². The predicted octanol–water partition coefficient (Wildman–Crippen LogP) is 1.59. The summed E-state index contributed by atoms with van der Waals surface area (Å²) in [5.41, 5.74) is 9.70. The molecule has 1 aromatic carbocycles. The van der Waals surface area contributed by atoms with Gasteiger partial charge in [0.15, 0.2) is 0 Å². The number of hydrogen-bond acceptors (Lipinski definition) is 3. The Kier molecular flexibility index (Phi) is 4.43. The minimum Gasteiger partial charge on any atom is -0.370 e. The first-order valence-electron chi connectivity index (χ1n) is 7.02. The van der Waals surface area contributed by atoms with E-state index in [1.807, 2.05) is 13.8 Å². The zero-order valence-corrected chi connectivity index (χ0v) is 11.8.